The van der Waals surface area contributed by atoms with Crippen molar-refractivity contribution in [2.24, 2.45) is 0 Å². The van der Waals surface area contributed by atoms with Gasteiger partial charge in [0.05, 0.1) is 19.5 Å². The van der Waals surface area contributed by atoms with E-state index < -0.39 is 49.3 Å². The SMILES string of the molecule is N#CC1(N2CCCCC2)CC(F)(F)CN1C(=O)CNC(=O)c1ccncc1/C=C/c1ccc(OC(F)(F)F)cc1. The second kappa shape index (κ2) is 11.6. The average molecular weight is 564 g/mol. The first-order valence-electron chi connectivity index (χ1n) is 12.5. The zero-order valence-corrected chi connectivity index (χ0v) is 21.3. The van der Waals surface area contributed by atoms with Crippen molar-refractivity contribution >= 4 is 24.0 Å². The molecule has 0 saturated carbocycles. The molecule has 212 valence electrons. The van der Waals surface area contributed by atoms with Gasteiger partial charge < -0.3 is 15.0 Å². The van der Waals surface area contributed by atoms with Gasteiger partial charge in [0.2, 0.25) is 5.91 Å². The van der Waals surface area contributed by atoms with Crippen LogP contribution in [0.3, 0.4) is 0 Å². The van der Waals surface area contributed by atoms with E-state index in [0.717, 1.165) is 36.3 Å². The van der Waals surface area contributed by atoms with Crippen LogP contribution < -0.4 is 10.1 Å². The number of aromatic nitrogens is 1. The molecule has 2 fully saturated rings. The van der Waals surface area contributed by atoms with Crippen LogP contribution in [0.2, 0.25) is 0 Å². The Kier molecular flexibility index (Phi) is 8.39. The van der Waals surface area contributed by atoms with Crippen LogP contribution in [0.1, 0.15) is 47.2 Å². The predicted octanol–water partition coefficient (Wildman–Crippen LogP) is 4.45. The summed E-state index contributed by atoms with van der Waals surface area (Å²) in [5, 5.41) is 12.4. The molecule has 8 nitrogen and oxygen atoms in total. The van der Waals surface area contributed by atoms with Gasteiger partial charge in [0.1, 0.15) is 11.8 Å². The number of carbonyl (C=O) groups excluding carboxylic acids is 2. The van der Waals surface area contributed by atoms with Gasteiger partial charge in [-0.2, -0.15) is 5.26 Å². The van der Waals surface area contributed by atoms with Gasteiger partial charge in [0, 0.05) is 36.6 Å². The van der Waals surface area contributed by atoms with Crippen molar-refractivity contribution in [3.05, 3.63) is 59.4 Å². The van der Waals surface area contributed by atoms with Crippen molar-refractivity contribution in [1.82, 2.24) is 20.1 Å². The van der Waals surface area contributed by atoms with Crippen molar-refractivity contribution in [2.75, 3.05) is 26.2 Å². The summed E-state index contributed by atoms with van der Waals surface area (Å²) in [6.07, 6.45) is 2.58. The minimum absolute atomic E-state index is 0.130. The summed E-state index contributed by atoms with van der Waals surface area (Å²) in [4.78, 5) is 32.5. The predicted molar refractivity (Wildman–Crippen MR) is 134 cm³/mol. The fourth-order valence-corrected chi connectivity index (χ4v) is 4.94. The van der Waals surface area contributed by atoms with Crippen molar-refractivity contribution < 1.29 is 36.3 Å². The third-order valence-corrected chi connectivity index (χ3v) is 6.77. The standard InChI is InChI=1S/C27H26F5N5O3/c28-25(29)16-26(17-33,36-12-2-1-3-13-36)37(18-25)23(38)15-35-24(39)22-10-11-34-14-20(22)7-4-19-5-8-21(9-6-19)40-27(30,31)32/h4-11,14H,1-3,12-13,15-16,18H2,(H,35,39)/b7-4+. The Labute approximate surface area is 227 Å². The van der Waals surface area contributed by atoms with Crippen LogP contribution in [0.15, 0.2) is 42.7 Å². The Bertz CT molecular complexity index is 1300. The summed E-state index contributed by atoms with van der Waals surface area (Å²) in [7, 11) is 0. The van der Waals surface area contributed by atoms with Gasteiger partial charge in [-0.3, -0.25) is 19.5 Å². The van der Waals surface area contributed by atoms with Crippen molar-refractivity contribution in [3.8, 4) is 11.8 Å². The van der Waals surface area contributed by atoms with Crippen LogP contribution in [0.25, 0.3) is 12.2 Å². The normalized spacial score (nSPS) is 21.2. The molecule has 40 heavy (non-hydrogen) atoms. The lowest BCUT2D eigenvalue weighted by Gasteiger charge is -2.43. The van der Waals surface area contributed by atoms with Gasteiger partial charge in [0.25, 0.3) is 11.8 Å². The highest BCUT2D eigenvalue weighted by atomic mass is 19.4. The zero-order valence-electron chi connectivity index (χ0n) is 21.3. The first-order valence-corrected chi connectivity index (χ1v) is 12.5. The minimum Gasteiger partial charge on any atom is -0.406 e. The van der Waals surface area contributed by atoms with Crippen LogP contribution in [0.5, 0.6) is 5.75 Å². The maximum absolute atomic E-state index is 14.5. The number of benzene rings is 1. The highest BCUT2D eigenvalue weighted by Crippen LogP contribution is 2.42. The maximum atomic E-state index is 14.5. The monoisotopic (exact) mass is 563 g/mol. The number of alkyl halides is 5. The molecule has 0 radical (unpaired) electrons. The van der Waals surface area contributed by atoms with E-state index in [1.807, 2.05) is 6.07 Å². The number of hydrogen-bond acceptors (Lipinski definition) is 6. The molecule has 13 heteroatoms. The van der Waals surface area contributed by atoms with Crippen LogP contribution in [0.4, 0.5) is 22.0 Å². The Morgan fingerprint density at radius 2 is 1.80 bits per heavy atom. The van der Waals surface area contributed by atoms with E-state index in [1.54, 1.807) is 11.0 Å². The molecule has 1 aromatic carbocycles. The summed E-state index contributed by atoms with van der Waals surface area (Å²) in [6.45, 7) is -0.671. The number of ether oxygens (including phenoxy) is 1. The first kappa shape index (κ1) is 28.9. The molecule has 1 unspecified atom stereocenters. The number of pyridine rings is 1. The minimum atomic E-state index is -4.81. The van der Waals surface area contributed by atoms with Crippen LogP contribution in [-0.4, -0.2) is 70.7 Å². The molecular formula is C27H26F5N5O3. The third kappa shape index (κ3) is 6.74. The lowest BCUT2D eigenvalue weighted by molar-refractivity contribution is -0.274. The molecule has 4 rings (SSSR count). The number of hydrogen-bond donors (Lipinski definition) is 1. The topological polar surface area (TPSA) is 98.6 Å². The van der Waals surface area contributed by atoms with Crippen LogP contribution >= 0.6 is 0 Å². The molecule has 1 atom stereocenters. The van der Waals surface area contributed by atoms with E-state index in [9.17, 15) is 36.8 Å². The number of nitrogens with one attached hydrogen (secondary N) is 1. The Balaban J connectivity index is 1.44. The van der Waals surface area contributed by atoms with Gasteiger partial charge in [-0.05, 0) is 36.6 Å². The number of rotatable bonds is 7. The Morgan fingerprint density at radius 1 is 1.10 bits per heavy atom. The molecule has 2 aliphatic rings. The van der Waals surface area contributed by atoms with E-state index in [2.05, 4.69) is 15.0 Å². The number of piperidine rings is 1. The summed E-state index contributed by atoms with van der Waals surface area (Å²) >= 11 is 0. The number of nitrogens with zero attached hydrogens (tertiary/aromatic N) is 4. The highest BCUT2D eigenvalue weighted by Gasteiger charge is 2.60. The van der Waals surface area contributed by atoms with Crippen molar-refractivity contribution in [2.45, 2.75) is 43.6 Å². The maximum Gasteiger partial charge on any atom is 0.573 e. The lowest BCUT2D eigenvalue weighted by atomic mass is 10.0. The van der Waals surface area contributed by atoms with Gasteiger partial charge in [-0.25, -0.2) is 8.78 Å². The van der Waals surface area contributed by atoms with E-state index in [1.165, 1.54) is 36.7 Å². The van der Waals surface area contributed by atoms with Crippen molar-refractivity contribution in [1.29, 1.82) is 5.26 Å². The Hall–Kier alpha value is -4.05. The van der Waals surface area contributed by atoms with E-state index in [-0.39, 0.29) is 11.3 Å². The number of amides is 2. The van der Waals surface area contributed by atoms with Crippen LogP contribution in [0, 0.1) is 11.3 Å². The smallest absolute Gasteiger partial charge is 0.406 e. The molecule has 2 aromatic rings. The van der Waals surface area contributed by atoms with Gasteiger partial charge >= 0.3 is 6.36 Å². The summed E-state index contributed by atoms with van der Waals surface area (Å²) in [6, 6.07) is 8.43. The molecule has 0 spiro atoms. The first-order chi connectivity index (χ1) is 18.9. The third-order valence-electron chi connectivity index (χ3n) is 6.77. The van der Waals surface area contributed by atoms with E-state index in [4.69, 9.17) is 0 Å². The zero-order chi connectivity index (χ0) is 29.0. The Morgan fingerprint density at radius 3 is 2.45 bits per heavy atom. The average Bonchev–Trinajstić information content (AvgIpc) is 3.22. The molecule has 2 amide bonds. The summed E-state index contributed by atoms with van der Waals surface area (Å²) in [5.74, 6) is -5.10. The lowest BCUT2D eigenvalue weighted by Crippen LogP contribution is -2.60. The number of likely N-dealkylation sites (tertiary alicyclic amines) is 2. The van der Waals surface area contributed by atoms with E-state index >= 15 is 0 Å². The molecule has 0 bridgehead atoms. The molecule has 2 aliphatic heterocycles. The van der Waals surface area contributed by atoms with Gasteiger partial charge in [-0.15, -0.1) is 13.2 Å². The van der Waals surface area contributed by atoms with Crippen molar-refractivity contribution in [3.63, 3.8) is 0 Å². The summed E-state index contributed by atoms with van der Waals surface area (Å²) in [5.41, 5.74) is -0.793. The quantitative estimate of drug-likeness (QED) is 0.500. The second-order valence-corrected chi connectivity index (χ2v) is 9.58. The molecule has 2 saturated heterocycles. The fourth-order valence-electron chi connectivity index (χ4n) is 4.94. The largest absolute Gasteiger partial charge is 0.573 e. The molecular weight excluding hydrogens is 537 g/mol. The number of carbonyl (C=O) groups is 2. The molecule has 1 N–H and O–H groups in total. The van der Waals surface area contributed by atoms with Gasteiger partial charge in [0.15, 0.2) is 5.66 Å². The van der Waals surface area contributed by atoms with Crippen LogP contribution in [-0.2, 0) is 4.79 Å². The molecule has 0 aliphatic carbocycles. The second-order valence-electron chi connectivity index (χ2n) is 9.58. The van der Waals surface area contributed by atoms with E-state index in [0.29, 0.717) is 24.2 Å². The highest BCUT2D eigenvalue weighted by molar-refractivity contribution is 6.00. The number of nitriles is 1. The summed E-state index contributed by atoms with van der Waals surface area (Å²) < 4.78 is 69.9. The van der Waals surface area contributed by atoms with Gasteiger partial charge in [-0.1, -0.05) is 30.7 Å². The fraction of sp³-hybridized carbons (Fsp3) is 0.407. The molecule has 3 heterocycles. The molecule has 1 aromatic heterocycles. The number of halogens is 5.